The van der Waals surface area contributed by atoms with Crippen LogP contribution < -0.4 is 14.2 Å². The van der Waals surface area contributed by atoms with E-state index in [1.807, 2.05) is 18.2 Å². The van der Waals surface area contributed by atoms with Crippen LogP contribution in [0.4, 0.5) is 0 Å². The summed E-state index contributed by atoms with van der Waals surface area (Å²) in [6.07, 6.45) is 0. The summed E-state index contributed by atoms with van der Waals surface area (Å²) in [4.78, 5) is 2.41. The average molecular weight is 353 g/mol. The van der Waals surface area contributed by atoms with E-state index >= 15 is 0 Å². The predicted molar refractivity (Wildman–Crippen MR) is 96.9 cm³/mol. The molecule has 2 aromatic rings. The van der Waals surface area contributed by atoms with Crippen molar-refractivity contribution in [1.29, 1.82) is 0 Å². The lowest BCUT2D eigenvalue weighted by molar-refractivity contribution is 0.0457. The molecule has 1 saturated heterocycles. The first-order valence-electron chi connectivity index (χ1n) is 9.21. The molecule has 5 rings (SSSR count). The molecule has 3 aliphatic rings. The molecule has 3 aliphatic heterocycles. The number of nitrogens with zero attached hydrogens (tertiary/aromatic N) is 1. The number of rotatable bonds is 3. The van der Waals surface area contributed by atoms with E-state index in [-0.39, 0.29) is 12.0 Å². The monoisotopic (exact) mass is 353 g/mol. The lowest BCUT2D eigenvalue weighted by Gasteiger charge is -2.38. The topological polar surface area (TPSA) is 51.2 Å². The largest absolute Gasteiger partial charge is 0.493 e. The number of likely N-dealkylation sites (tertiary alicyclic amines) is 1. The molecule has 0 aliphatic carbocycles. The number of benzene rings is 2. The third-order valence-electron chi connectivity index (χ3n) is 5.86. The van der Waals surface area contributed by atoms with Crippen LogP contribution in [0.15, 0.2) is 42.5 Å². The number of hydrogen-bond acceptors (Lipinski definition) is 5. The maximum absolute atomic E-state index is 10.2. The van der Waals surface area contributed by atoms with Crippen LogP contribution in [-0.4, -0.2) is 49.5 Å². The third-order valence-corrected chi connectivity index (χ3v) is 5.86. The lowest BCUT2D eigenvalue weighted by atomic mass is 9.74. The fourth-order valence-electron chi connectivity index (χ4n) is 4.54. The van der Waals surface area contributed by atoms with Gasteiger partial charge in [-0.05, 0) is 29.3 Å². The summed E-state index contributed by atoms with van der Waals surface area (Å²) in [5.41, 5.74) is 2.20. The van der Waals surface area contributed by atoms with Crippen LogP contribution in [0.1, 0.15) is 17.0 Å². The van der Waals surface area contributed by atoms with E-state index in [1.165, 1.54) is 11.1 Å². The zero-order chi connectivity index (χ0) is 17.6. The zero-order valence-electron chi connectivity index (χ0n) is 14.7. The van der Waals surface area contributed by atoms with Gasteiger partial charge in [-0.1, -0.05) is 24.3 Å². The van der Waals surface area contributed by atoms with Gasteiger partial charge in [0, 0.05) is 31.0 Å². The Kier molecular flexibility index (Phi) is 3.80. The zero-order valence-corrected chi connectivity index (χ0v) is 14.7. The number of aliphatic hydroxyl groups excluding tert-OH is 1. The van der Waals surface area contributed by atoms with Gasteiger partial charge in [0.25, 0.3) is 0 Å². The lowest BCUT2D eigenvalue weighted by Crippen LogP contribution is -2.42. The van der Waals surface area contributed by atoms with E-state index in [0.29, 0.717) is 25.7 Å². The second-order valence-corrected chi connectivity index (χ2v) is 7.55. The highest BCUT2D eigenvalue weighted by Gasteiger charge is 2.50. The fraction of sp³-hybridized carbons (Fsp3) is 0.429. The Bertz CT molecular complexity index is 823. The molecular formula is C21H23NO4. The molecular weight excluding hydrogens is 330 g/mol. The van der Waals surface area contributed by atoms with Crippen LogP contribution >= 0.6 is 0 Å². The van der Waals surface area contributed by atoms with Gasteiger partial charge in [0.15, 0.2) is 11.5 Å². The Morgan fingerprint density at radius 1 is 1.00 bits per heavy atom. The molecule has 1 fully saturated rings. The highest BCUT2D eigenvalue weighted by Crippen LogP contribution is 2.49. The van der Waals surface area contributed by atoms with Crippen LogP contribution in [0, 0.1) is 5.41 Å². The second-order valence-electron chi connectivity index (χ2n) is 7.55. The molecule has 0 unspecified atom stereocenters. The van der Waals surface area contributed by atoms with Gasteiger partial charge in [-0.15, -0.1) is 0 Å². The van der Waals surface area contributed by atoms with Crippen LogP contribution in [0.3, 0.4) is 0 Å². The summed E-state index contributed by atoms with van der Waals surface area (Å²) < 4.78 is 17.3. The summed E-state index contributed by atoms with van der Waals surface area (Å²) in [7, 11) is 0. The van der Waals surface area contributed by atoms with E-state index in [2.05, 4.69) is 29.2 Å². The molecule has 2 atom stereocenters. The van der Waals surface area contributed by atoms with Crippen LogP contribution in [0.25, 0.3) is 0 Å². The van der Waals surface area contributed by atoms with E-state index in [9.17, 15) is 5.11 Å². The maximum Gasteiger partial charge on any atom is 0.161 e. The van der Waals surface area contributed by atoms with Crippen molar-refractivity contribution in [3.8, 4) is 17.2 Å². The van der Waals surface area contributed by atoms with Gasteiger partial charge in [0.1, 0.15) is 19.0 Å². The van der Waals surface area contributed by atoms with E-state index in [0.717, 1.165) is 36.9 Å². The minimum Gasteiger partial charge on any atom is -0.493 e. The molecule has 136 valence electrons. The summed E-state index contributed by atoms with van der Waals surface area (Å²) >= 11 is 0. The second kappa shape index (κ2) is 6.18. The molecule has 5 nitrogen and oxygen atoms in total. The predicted octanol–water partition coefficient (Wildman–Crippen LogP) is 2.43. The number of fused-ring (bicyclic) bond motifs is 4. The van der Waals surface area contributed by atoms with Crippen LogP contribution in [-0.2, 0) is 6.54 Å². The molecule has 0 saturated carbocycles. The van der Waals surface area contributed by atoms with Gasteiger partial charge < -0.3 is 19.3 Å². The summed E-state index contributed by atoms with van der Waals surface area (Å²) in [5, 5.41) is 10.2. The summed E-state index contributed by atoms with van der Waals surface area (Å²) in [6, 6.07) is 14.4. The molecule has 0 radical (unpaired) electrons. The fourth-order valence-corrected chi connectivity index (χ4v) is 4.54. The molecule has 2 aromatic carbocycles. The SMILES string of the molecule is OC[C@@]12COc3ccccc3[C@@H]1CN(Cc1ccc3c(c1)OCCO3)C2. The molecule has 0 aromatic heterocycles. The van der Waals surface area contributed by atoms with E-state index in [1.54, 1.807) is 0 Å². The molecule has 3 heterocycles. The minimum atomic E-state index is -0.220. The Morgan fingerprint density at radius 3 is 2.73 bits per heavy atom. The average Bonchev–Trinajstić information content (AvgIpc) is 3.07. The summed E-state index contributed by atoms with van der Waals surface area (Å²) in [6.45, 7) is 4.51. The first-order chi connectivity index (χ1) is 12.8. The van der Waals surface area contributed by atoms with Crippen molar-refractivity contribution in [2.75, 3.05) is 39.5 Å². The Labute approximate surface area is 153 Å². The molecule has 0 spiro atoms. The van der Waals surface area contributed by atoms with Crippen molar-refractivity contribution in [2.24, 2.45) is 5.41 Å². The first kappa shape index (κ1) is 16.0. The van der Waals surface area contributed by atoms with Crippen LogP contribution in [0.2, 0.25) is 0 Å². The smallest absolute Gasteiger partial charge is 0.161 e. The van der Waals surface area contributed by atoms with Gasteiger partial charge >= 0.3 is 0 Å². The molecule has 26 heavy (non-hydrogen) atoms. The molecule has 0 amide bonds. The molecule has 5 heteroatoms. The van der Waals surface area contributed by atoms with Gasteiger partial charge in [0.2, 0.25) is 0 Å². The first-order valence-corrected chi connectivity index (χ1v) is 9.21. The number of para-hydroxylation sites is 1. The van der Waals surface area contributed by atoms with Crippen molar-refractivity contribution in [3.05, 3.63) is 53.6 Å². The summed E-state index contributed by atoms with van der Waals surface area (Å²) in [5.74, 6) is 2.91. The van der Waals surface area contributed by atoms with Crippen molar-refractivity contribution < 1.29 is 19.3 Å². The Morgan fingerprint density at radius 2 is 1.85 bits per heavy atom. The highest BCUT2D eigenvalue weighted by atomic mass is 16.6. The molecule has 1 N–H and O–H groups in total. The van der Waals surface area contributed by atoms with Crippen molar-refractivity contribution in [1.82, 2.24) is 4.90 Å². The number of ether oxygens (including phenoxy) is 3. The standard InChI is InChI=1S/C21H23NO4/c23-13-21-12-22(10-15-5-6-19-20(9-15)25-8-7-24-19)11-17(21)16-3-1-2-4-18(16)26-14-21/h1-6,9,17,23H,7-8,10-14H2/t17-,21-/m0/s1. The van der Waals surface area contributed by atoms with E-state index in [4.69, 9.17) is 14.2 Å². The van der Waals surface area contributed by atoms with Crippen molar-refractivity contribution in [3.63, 3.8) is 0 Å². The van der Waals surface area contributed by atoms with Crippen LogP contribution in [0.5, 0.6) is 17.2 Å². The van der Waals surface area contributed by atoms with Crippen molar-refractivity contribution in [2.45, 2.75) is 12.5 Å². The number of aliphatic hydroxyl groups is 1. The Hall–Kier alpha value is -2.24. The van der Waals surface area contributed by atoms with Gasteiger partial charge in [-0.3, -0.25) is 4.90 Å². The minimum absolute atomic E-state index is 0.142. The Balaban J connectivity index is 1.39. The number of hydrogen-bond donors (Lipinski definition) is 1. The maximum atomic E-state index is 10.2. The van der Waals surface area contributed by atoms with Crippen molar-refractivity contribution >= 4 is 0 Å². The third kappa shape index (κ3) is 2.54. The van der Waals surface area contributed by atoms with Gasteiger partial charge in [-0.25, -0.2) is 0 Å². The van der Waals surface area contributed by atoms with E-state index < -0.39 is 0 Å². The van der Waals surface area contributed by atoms with Gasteiger partial charge in [0.05, 0.1) is 13.2 Å². The quantitative estimate of drug-likeness (QED) is 0.918. The normalized spacial score (nSPS) is 26.7. The molecule has 0 bridgehead atoms. The van der Waals surface area contributed by atoms with Gasteiger partial charge in [-0.2, -0.15) is 0 Å². The highest BCUT2D eigenvalue weighted by molar-refractivity contribution is 5.44.